The molecule has 0 amide bonds. The molecule has 0 unspecified atom stereocenters. The first kappa shape index (κ1) is 16.7. The second kappa shape index (κ2) is 7.65. The van der Waals surface area contributed by atoms with Crippen LogP contribution in [0.1, 0.15) is 21.5 Å². The van der Waals surface area contributed by atoms with Crippen LogP contribution in [0.25, 0.3) is 0 Å². The standard InChI is InChI=1S/C20H14ClFOS/c21-15-11-10-14(13-24-16-6-2-1-3-7-16)18(12-15)20(23)17-8-4-5-9-19(17)22/h1-12H,13H2. The molecule has 0 radical (unpaired) electrons. The van der Waals surface area contributed by atoms with Crippen molar-refractivity contribution in [2.75, 3.05) is 0 Å². The van der Waals surface area contributed by atoms with Gasteiger partial charge < -0.3 is 0 Å². The molecular formula is C20H14ClFOS. The lowest BCUT2D eigenvalue weighted by Gasteiger charge is -2.10. The van der Waals surface area contributed by atoms with E-state index in [4.69, 9.17) is 11.6 Å². The third-order valence-electron chi connectivity index (χ3n) is 3.57. The molecule has 0 aliphatic rings. The highest BCUT2D eigenvalue weighted by molar-refractivity contribution is 7.98. The van der Waals surface area contributed by atoms with E-state index in [2.05, 4.69) is 0 Å². The highest BCUT2D eigenvalue weighted by atomic mass is 35.5. The molecule has 3 aromatic rings. The molecule has 0 aliphatic heterocycles. The average molecular weight is 357 g/mol. The van der Waals surface area contributed by atoms with E-state index in [1.165, 1.54) is 12.1 Å². The summed E-state index contributed by atoms with van der Waals surface area (Å²) in [4.78, 5) is 13.9. The quantitative estimate of drug-likeness (QED) is 0.412. The maximum atomic E-state index is 13.9. The number of hydrogen-bond acceptors (Lipinski definition) is 2. The molecular weight excluding hydrogens is 343 g/mol. The van der Waals surface area contributed by atoms with Gasteiger partial charge in [0.25, 0.3) is 0 Å². The number of halogens is 2. The van der Waals surface area contributed by atoms with Crippen molar-refractivity contribution in [1.82, 2.24) is 0 Å². The molecule has 3 aromatic carbocycles. The predicted octanol–water partition coefficient (Wildman–Crippen LogP) is 6.00. The lowest BCUT2D eigenvalue weighted by atomic mass is 9.99. The fourth-order valence-corrected chi connectivity index (χ4v) is 3.45. The summed E-state index contributed by atoms with van der Waals surface area (Å²) in [5.41, 5.74) is 1.34. The fraction of sp³-hybridized carbons (Fsp3) is 0.0500. The zero-order valence-corrected chi connectivity index (χ0v) is 14.3. The van der Waals surface area contributed by atoms with E-state index in [0.29, 0.717) is 16.3 Å². The van der Waals surface area contributed by atoms with Crippen molar-refractivity contribution in [2.45, 2.75) is 10.6 Å². The van der Waals surface area contributed by atoms with Gasteiger partial charge in [0, 0.05) is 21.2 Å². The summed E-state index contributed by atoms with van der Waals surface area (Å²) in [6.45, 7) is 0. The molecule has 0 atom stereocenters. The first-order chi connectivity index (χ1) is 11.6. The SMILES string of the molecule is O=C(c1ccccc1F)c1cc(Cl)ccc1CSc1ccccc1. The first-order valence-electron chi connectivity index (χ1n) is 7.40. The van der Waals surface area contributed by atoms with Crippen molar-refractivity contribution in [3.05, 3.63) is 100 Å². The predicted molar refractivity (Wildman–Crippen MR) is 97.3 cm³/mol. The summed E-state index contributed by atoms with van der Waals surface area (Å²) in [5, 5.41) is 0.461. The Bertz CT molecular complexity index is 865. The summed E-state index contributed by atoms with van der Waals surface area (Å²) in [6, 6.07) is 21.1. The Morgan fingerprint density at radius 1 is 0.917 bits per heavy atom. The van der Waals surface area contributed by atoms with E-state index in [9.17, 15) is 9.18 Å². The van der Waals surface area contributed by atoms with E-state index >= 15 is 0 Å². The molecule has 0 saturated heterocycles. The van der Waals surface area contributed by atoms with Gasteiger partial charge in [-0.3, -0.25) is 4.79 Å². The second-order valence-electron chi connectivity index (χ2n) is 5.21. The lowest BCUT2D eigenvalue weighted by molar-refractivity contribution is 0.103. The van der Waals surface area contributed by atoms with Crippen LogP contribution >= 0.6 is 23.4 Å². The van der Waals surface area contributed by atoms with Gasteiger partial charge in [-0.15, -0.1) is 11.8 Å². The third kappa shape index (κ3) is 3.86. The molecule has 0 fully saturated rings. The van der Waals surface area contributed by atoms with Crippen LogP contribution < -0.4 is 0 Å². The van der Waals surface area contributed by atoms with Crippen LogP contribution in [0, 0.1) is 5.82 Å². The van der Waals surface area contributed by atoms with Crippen molar-refractivity contribution < 1.29 is 9.18 Å². The maximum Gasteiger partial charge on any atom is 0.196 e. The highest BCUT2D eigenvalue weighted by Crippen LogP contribution is 2.27. The molecule has 0 heterocycles. The smallest absolute Gasteiger partial charge is 0.196 e. The average Bonchev–Trinajstić information content (AvgIpc) is 2.61. The van der Waals surface area contributed by atoms with E-state index in [0.717, 1.165) is 10.5 Å². The van der Waals surface area contributed by atoms with Gasteiger partial charge in [0.15, 0.2) is 5.78 Å². The number of thioether (sulfide) groups is 1. The van der Waals surface area contributed by atoms with Crippen molar-refractivity contribution in [3.8, 4) is 0 Å². The Morgan fingerprint density at radius 3 is 2.38 bits per heavy atom. The first-order valence-corrected chi connectivity index (χ1v) is 8.77. The molecule has 0 saturated carbocycles. The van der Waals surface area contributed by atoms with Gasteiger partial charge in [0.05, 0.1) is 5.56 Å². The number of benzene rings is 3. The van der Waals surface area contributed by atoms with Crippen LogP contribution in [0.5, 0.6) is 0 Å². The van der Waals surface area contributed by atoms with Crippen LogP contribution in [0.4, 0.5) is 4.39 Å². The van der Waals surface area contributed by atoms with Gasteiger partial charge in [-0.05, 0) is 42.0 Å². The van der Waals surface area contributed by atoms with Gasteiger partial charge in [-0.1, -0.05) is 48.0 Å². The van der Waals surface area contributed by atoms with Crippen molar-refractivity contribution in [1.29, 1.82) is 0 Å². The van der Waals surface area contributed by atoms with Gasteiger partial charge >= 0.3 is 0 Å². The van der Waals surface area contributed by atoms with Crippen LogP contribution in [-0.4, -0.2) is 5.78 Å². The zero-order chi connectivity index (χ0) is 16.9. The van der Waals surface area contributed by atoms with Crippen molar-refractivity contribution >= 4 is 29.1 Å². The molecule has 120 valence electrons. The Kier molecular flexibility index (Phi) is 5.34. The normalized spacial score (nSPS) is 10.6. The Hall–Kier alpha value is -2.10. The molecule has 24 heavy (non-hydrogen) atoms. The van der Waals surface area contributed by atoms with Crippen LogP contribution in [0.15, 0.2) is 77.7 Å². The second-order valence-corrected chi connectivity index (χ2v) is 6.70. The molecule has 0 bridgehead atoms. The summed E-state index contributed by atoms with van der Waals surface area (Å²) in [6.07, 6.45) is 0. The van der Waals surface area contributed by atoms with Gasteiger partial charge in [-0.2, -0.15) is 0 Å². The molecule has 0 aromatic heterocycles. The number of hydrogen-bond donors (Lipinski definition) is 0. The minimum Gasteiger partial charge on any atom is -0.288 e. The Balaban J connectivity index is 1.91. The zero-order valence-electron chi connectivity index (χ0n) is 12.7. The van der Waals surface area contributed by atoms with Crippen LogP contribution in [-0.2, 0) is 5.75 Å². The van der Waals surface area contributed by atoms with Crippen molar-refractivity contribution in [3.63, 3.8) is 0 Å². The van der Waals surface area contributed by atoms with Gasteiger partial charge in [0.1, 0.15) is 5.82 Å². The third-order valence-corrected chi connectivity index (χ3v) is 4.87. The number of carbonyl (C=O) groups excluding carboxylic acids is 1. The van der Waals surface area contributed by atoms with Gasteiger partial charge in [-0.25, -0.2) is 4.39 Å². The van der Waals surface area contributed by atoms with E-state index in [1.54, 1.807) is 36.0 Å². The van der Waals surface area contributed by atoms with E-state index in [1.807, 2.05) is 36.4 Å². The van der Waals surface area contributed by atoms with Crippen molar-refractivity contribution in [2.24, 2.45) is 0 Å². The molecule has 0 aliphatic carbocycles. The Morgan fingerprint density at radius 2 is 1.62 bits per heavy atom. The summed E-state index contributed by atoms with van der Waals surface area (Å²) in [5.74, 6) is -0.264. The van der Waals surface area contributed by atoms with E-state index in [-0.39, 0.29) is 11.3 Å². The number of rotatable bonds is 5. The summed E-state index contributed by atoms with van der Waals surface area (Å²) < 4.78 is 13.9. The monoisotopic (exact) mass is 356 g/mol. The minimum atomic E-state index is -0.524. The minimum absolute atomic E-state index is 0.0609. The van der Waals surface area contributed by atoms with Crippen LogP contribution in [0.2, 0.25) is 5.02 Å². The van der Waals surface area contributed by atoms with Gasteiger partial charge in [0.2, 0.25) is 0 Å². The Labute approximate surface area is 149 Å². The topological polar surface area (TPSA) is 17.1 Å². The van der Waals surface area contributed by atoms with Crippen LogP contribution in [0.3, 0.4) is 0 Å². The molecule has 4 heteroatoms. The molecule has 0 spiro atoms. The maximum absolute atomic E-state index is 13.9. The fourth-order valence-electron chi connectivity index (χ4n) is 2.35. The van der Waals surface area contributed by atoms with E-state index < -0.39 is 5.82 Å². The number of ketones is 1. The molecule has 1 nitrogen and oxygen atoms in total. The lowest BCUT2D eigenvalue weighted by Crippen LogP contribution is -2.07. The highest BCUT2D eigenvalue weighted by Gasteiger charge is 2.17. The summed E-state index contributed by atoms with van der Waals surface area (Å²) in [7, 11) is 0. The molecule has 0 N–H and O–H groups in total. The largest absolute Gasteiger partial charge is 0.288 e. The summed E-state index contributed by atoms with van der Waals surface area (Å²) >= 11 is 7.67. The molecule has 3 rings (SSSR count). The number of carbonyl (C=O) groups is 1.